The highest BCUT2D eigenvalue weighted by Gasteiger charge is 2.18. The van der Waals surface area contributed by atoms with Crippen molar-refractivity contribution < 1.29 is 0 Å². The van der Waals surface area contributed by atoms with Crippen molar-refractivity contribution in [2.45, 2.75) is 26.3 Å². The van der Waals surface area contributed by atoms with E-state index in [1.807, 2.05) is 48.3 Å². The first-order valence-corrected chi connectivity index (χ1v) is 12.1. The highest BCUT2D eigenvalue weighted by molar-refractivity contribution is 5.92. The monoisotopic (exact) mass is 476 g/mol. The normalized spacial score (nSPS) is 14.4. The molecule has 1 aliphatic heterocycles. The zero-order valence-corrected chi connectivity index (χ0v) is 19.8. The summed E-state index contributed by atoms with van der Waals surface area (Å²) in [4.78, 5) is 28.9. The van der Waals surface area contributed by atoms with E-state index >= 15 is 0 Å². The summed E-state index contributed by atoms with van der Waals surface area (Å²) in [6, 6.07) is 8.11. The lowest BCUT2D eigenvalue weighted by atomic mass is 10.1. The number of likely N-dealkylation sites (tertiary alicyclic amines) is 1. The molecule has 10 heteroatoms. The van der Waals surface area contributed by atoms with Gasteiger partial charge in [-0.2, -0.15) is 5.10 Å². The zero-order valence-electron chi connectivity index (χ0n) is 19.8. The van der Waals surface area contributed by atoms with Gasteiger partial charge in [0.1, 0.15) is 11.0 Å². The van der Waals surface area contributed by atoms with Crippen LogP contribution in [0.15, 0.2) is 55.4 Å². The Balaban J connectivity index is 1.28. The average molecular weight is 477 g/mol. The van der Waals surface area contributed by atoms with E-state index in [0.717, 1.165) is 58.8 Å². The van der Waals surface area contributed by atoms with Crippen molar-refractivity contribution in [3.63, 3.8) is 0 Å². The van der Waals surface area contributed by atoms with E-state index in [2.05, 4.69) is 41.1 Å². The predicted octanol–water partition coefficient (Wildman–Crippen LogP) is 4.05. The summed E-state index contributed by atoms with van der Waals surface area (Å²) in [5, 5.41) is 7.63. The van der Waals surface area contributed by atoms with Crippen molar-refractivity contribution in [3.8, 4) is 28.5 Å². The van der Waals surface area contributed by atoms with E-state index in [1.165, 1.54) is 18.4 Å². The molecule has 36 heavy (non-hydrogen) atoms. The number of nitrogens with zero attached hydrogens (tertiary/aromatic N) is 8. The molecule has 1 aliphatic rings. The smallest absolute Gasteiger partial charge is 0.162 e. The summed E-state index contributed by atoms with van der Waals surface area (Å²) >= 11 is 0. The minimum absolute atomic E-state index is 0.610. The van der Waals surface area contributed by atoms with Gasteiger partial charge in [0.25, 0.3) is 0 Å². The molecule has 0 bridgehead atoms. The number of hydrogen-bond donors (Lipinski definition) is 2. The molecule has 0 spiro atoms. The van der Waals surface area contributed by atoms with E-state index in [9.17, 15) is 0 Å². The lowest BCUT2D eigenvalue weighted by Crippen LogP contribution is -2.18. The largest absolute Gasteiger partial charge is 0.321 e. The fourth-order valence-corrected chi connectivity index (χ4v) is 4.91. The lowest BCUT2D eigenvalue weighted by molar-refractivity contribution is 0.331. The van der Waals surface area contributed by atoms with Crippen LogP contribution in [0.3, 0.4) is 0 Å². The van der Waals surface area contributed by atoms with Crippen LogP contribution >= 0.6 is 0 Å². The molecule has 0 amide bonds. The second-order valence-corrected chi connectivity index (χ2v) is 9.27. The predicted molar refractivity (Wildman–Crippen MR) is 136 cm³/mol. The van der Waals surface area contributed by atoms with Crippen molar-refractivity contribution >= 4 is 22.2 Å². The van der Waals surface area contributed by atoms with E-state index < -0.39 is 0 Å². The number of hydrogen-bond acceptors (Lipinski definition) is 7. The van der Waals surface area contributed by atoms with E-state index in [4.69, 9.17) is 9.97 Å². The van der Waals surface area contributed by atoms with Crippen LogP contribution in [0.5, 0.6) is 0 Å². The fourth-order valence-electron chi connectivity index (χ4n) is 4.91. The molecule has 0 aliphatic carbocycles. The lowest BCUT2D eigenvalue weighted by Gasteiger charge is -2.14. The van der Waals surface area contributed by atoms with Crippen LogP contribution in [0.25, 0.3) is 50.7 Å². The van der Waals surface area contributed by atoms with Gasteiger partial charge in [-0.1, -0.05) is 0 Å². The fraction of sp³-hybridized carbons (Fsp3) is 0.231. The number of nitrogens with one attached hydrogen (secondary N) is 2. The van der Waals surface area contributed by atoms with Crippen molar-refractivity contribution in [1.29, 1.82) is 0 Å². The molecule has 178 valence electrons. The van der Waals surface area contributed by atoms with E-state index in [1.54, 1.807) is 12.5 Å². The van der Waals surface area contributed by atoms with Gasteiger partial charge in [0.2, 0.25) is 0 Å². The van der Waals surface area contributed by atoms with Crippen LogP contribution in [-0.4, -0.2) is 62.7 Å². The Morgan fingerprint density at radius 2 is 1.92 bits per heavy atom. The molecule has 1 fully saturated rings. The molecular weight excluding hydrogens is 452 g/mol. The SMILES string of the molecule is Cc1cn(-c2ccnc3[nH]c(-c4n[nH]c5ccc(-c6cncc(CN7CCCC7)c6)nc45)nc23)cn1. The molecule has 2 N–H and O–H groups in total. The Labute approximate surface area is 206 Å². The van der Waals surface area contributed by atoms with Crippen molar-refractivity contribution in [2.24, 2.45) is 0 Å². The number of fused-ring (bicyclic) bond motifs is 2. The average Bonchev–Trinajstić information content (AvgIpc) is 3.70. The molecule has 0 radical (unpaired) electrons. The summed E-state index contributed by atoms with van der Waals surface area (Å²) in [5.41, 5.74) is 8.55. The van der Waals surface area contributed by atoms with Gasteiger partial charge < -0.3 is 9.55 Å². The zero-order chi connectivity index (χ0) is 24.1. The summed E-state index contributed by atoms with van der Waals surface area (Å²) < 4.78 is 1.95. The Hall–Kier alpha value is -4.44. The maximum atomic E-state index is 4.97. The van der Waals surface area contributed by atoms with Gasteiger partial charge in [0.05, 0.1) is 28.9 Å². The number of aryl methyl sites for hydroxylation is 1. The Morgan fingerprint density at radius 1 is 1.00 bits per heavy atom. The molecule has 1 saturated heterocycles. The van der Waals surface area contributed by atoms with Gasteiger partial charge in [-0.25, -0.2) is 19.9 Å². The Morgan fingerprint density at radius 3 is 2.78 bits per heavy atom. The van der Waals surface area contributed by atoms with Crippen LogP contribution in [-0.2, 0) is 6.54 Å². The maximum Gasteiger partial charge on any atom is 0.162 e. The van der Waals surface area contributed by atoms with Gasteiger partial charge >= 0.3 is 0 Å². The first kappa shape index (κ1) is 20.9. The second kappa shape index (κ2) is 8.35. The summed E-state index contributed by atoms with van der Waals surface area (Å²) in [7, 11) is 0. The van der Waals surface area contributed by atoms with E-state index in [0.29, 0.717) is 17.2 Å². The number of rotatable bonds is 5. The second-order valence-electron chi connectivity index (χ2n) is 9.27. The molecule has 0 aromatic carbocycles. The van der Waals surface area contributed by atoms with Crippen molar-refractivity contribution in [1.82, 2.24) is 49.6 Å². The van der Waals surface area contributed by atoms with Gasteiger partial charge in [-0.3, -0.25) is 15.0 Å². The Bertz CT molecular complexity index is 1700. The molecule has 6 aromatic heterocycles. The molecule has 0 atom stereocenters. The Kier molecular flexibility index (Phi) is 4.84. The maximum absolute atomic E-state index is 4.97. The topological polar surface area (TPSA) is 117 Å². The number of pyridine rings is 3. The van der Waals surface area contributed by atoms with Gasteiger partial charge in [0, 0.05) is 36.9 Å². The van der Waals surface area contributed by atoms with Gasteiger partial charge in [-0.05, 0) is 62.7 Å². The van der Waals surface area contributed by atoms with Gasteiger partial charge in [-0.15, -0.1) is 0 Å². The first-order chi connectivity index (χ1) is 17.7. The third-order valence-electron chi connectivity index (χ3n) is 6.68. The number of aromatic nitrogens is 9. The van der Waals surface area contributed by atoms with Crippen LogP contribution in [0.1, 0.15) is 24.1 Å². The van der Waals surface area contributed by atoms with E-state index in [-0.39, 0.29) is 0 Å². The molecule has 0 saturated carbocycles. The number of imidazole rings is 2. The van der Waals surface area contributed by atoms with Crippen LogP contribution in [0.4, 0.5) is 0 Å². The summed E-state index contributed by atoms with van der Waals surface area (Å²) in [6.45, 7) is 5.19. The van der Waals surface area contributed by atoms with Crippen molar-refractivity contribution in [2.75, 3.05) is 13.1 Å². The molecule has 0 unspecified atom stereocenters. The highest BCUT2D eigenvalue weighted by atomic mass is 15.2. The molecular formula is C26H24N10. The number of H-pyrrole nitrogens is 2. The minimum atomic E-state index is 0.610. The first-order valence-electron chi connectivity index (χ1n) is 12.1. The van der Waals surface area contributed by atoms with Crippen LogP contribution in [0.2, 0.25) is 0 Å². The third kappa shape index (κ3) is 3.62. The third-order valence-corrected chi connectivity index (χ3v) is 6.68. The van der Waals surface area contributed by atoms with Crippen molar-refractivity contribution in [3.05, 3.63) is 66.6 Å². The molecule has 7 heterocycles. The van der Waals surface area contributed by atoms with Crippen LogP contribution < -0.4 is 0 Å². The summed E-state index contributed by atoms with van der Waals surface area (Å²) in [5.74, 6) is 0.610. The number of aromatic amines is 2. The molecule has 6 aromatic rings. The molecule has 7 rings (SSSR count). The van der Waals surface area contributed by atoms with Gasteiger partial charge in [0.15, 0.2) is 17.2 Å². The molecule has 10 nitrogen and oxygen atoms in total. The minimum Gasteiger partial charge on any atom is -0.321 e. The summed E-state index contributed by atoms with van der Waals surface area (Å²) in [6.07, 6.45) is 11.9. The van der Waals surface area contributed by atoms with Crippen LogP contribution in [0, 0.1) is 6.92 Å². The quantitative estimate of drug-likeness (QED) is 0.385. The standard InChI is InChI=1S/C26H24N10/c1-16-13-36(15-29-16)21-6-7-28-25-23(21)31-26(32-25)24-22-20(33-34-24)5-4-19(30-22)18-10-17(11-27-12-18)14-35-8-2-3-9-35/h4-7,10-13,15H,2-3,8-9,14H2,1H3,(H,33,34)(H,28,31,32). The highest BCUT2D eigenvalue weighted by Crippen LogP contribution is 2.29.